The number of furan rings is 1. The van der Waals surface area contributed by atoms with Crippen molar-refractivity contribution in [2.75, 3.05) is 26.7 Å². The fourth-order valence-electron chi connectivity index (χ4n) is 3.57. The lowest BCUT2D eigenvalue weighted by Crippen LogP contribution is -2.46. The van der Waals surface area contributed by atoms with E-state index in [-0.39, 0.29) is 5.91 Å². The molecule has 0 saturated carbocycles. The van der Waals surface area contributed by atoms with Crippen LogP contribution in [-0.2, 0) is 6.42 Å². The number of likely N-dealkylation sites (tertiary alicyclic amines) is 1. The van der Waals surface area contributed by atoms with Crippen LogP contribution >= 0.6 is 0 Å². The number of pyridine rings is 1. The molecule has 25 heavy (non-hydrogen) atoms. The molecule has 0 aliphatic carbocycles. The Bertz CT molecular complexity index is 703. The Morgan fingerprint density at radius 2 is 1.96 bits per heavy atom. The van der Waals surface area contributed by atoms with Crippen LogP contribution in [-0.4, -0.2) is 53.4 Å². The largest absolute Gasteiger partial charge is 0.466 e. The minimum Gasteiger partial charge on any atom is -0.466 e. The van der Waals surface area contributed by atoms with Gasteiger partial charge in [-0.25, -0.2) is 0 Å². The fourth-order valence-corrected chi connectivity index (χ4v) is 3.57. The molecule has 0 atom stereocenters. The first-order chi connectivity index (χ1) is 12.0. The van der Waals surface area contributed by atoms with Gasteiger partial charge in [-0.3, -0.25) is 9.78 Å². The summed E-state index contributed by atoms with van der Waals surface area (Å²) in [5, 5.41) is 0. The Kier molecular flexibility index (Phi) is 5.53. The average Bonchev–Trinajstić information content (AvgIpc) is 2.98. The van der Waals surface area contributed by atoms with E-state index in [4.69, 9.17) is 4.42 Å². The lowest BCUT2D eigenvalue weighted by atomic mass is 10.0. The van der Waals surface area contributed by atoms with Crippen LogP contribution in [0.5, 0.6) is 0 Å². The molecule has 1 aliphatic heterocycles. The van der Waals surface area contributed by atoms with Gasteiger partial charge in [0, 0.05) is 45.1 Å². The topological polar surface area (TPSA) is 49.6 Å². The lowest BCUT2D eigenvalue weighted by Gasteiger charge is -2.36. The zero-order valence-electron chi connectivity index (χ0n) is 15.4. The van der Waals surface area contributed by atoms with Crippen LogP contribution < -0.4 is 0 Å². The van der Waals surface area contributed by atoms with Crippen molar-refractivity contribution in [2.45, 2.75) is 39.2 Å². The van der Waals surface area contributed by atoms with Crippen LogP contribution in [0.25, 0.3) is 0 Å². The molecule has 5 heteroatoms. The van der Waals surface area contributed by atoms with Crippen LogP contribution in [0.4, 0.5) is 0 Å². The third-order valence-corrected chi connectivity index (χ3v) is 5.16. The number of hydrogen-bond donors (Lipinski definition) is 0. The Hall–Kier alpha value is -2.14. The van der Waals surface area contributed by atoms with Crippen molar-refractivity contribution in [3.63, 3.8) is 0 Å². The van der Waals surface area contributed by atoms with Crippen LogP contribution in [0.2, 0.25) is 0 Å². The highest BCUT2D eigenvalue weighted by Gasteiger charge is 2.27. The van der Waals surface area contributed by atoms with Gasteiger partial charge in [0.2, 0.25) is 0 Å². The summed E-state index contributed by atoms with van der Waals surface area (Å²) in [6.45, 7) is 6.88. The van der Waals surface area contributed by atoms with Crippen molar-refractivity contribution in [3.05, 3.63) is 53.2 Å². The normalized spacial score (nSPS) is 16.1. The van der Waals surface area contributed by atoms with E-state index in [2.05, 4.69) is 22.0 Å². The number of aromatic nitrogens is 1. The van der Waals surface area contributed by atoms with Crippen molar-refractivity contribution in [1.82, 2.24) is 14.8 Å². The first kappa shape index (κ1) is 17.7. The molecule has 0 bridgehead atoms. The van der Waals surface area contributed by atoms with Gasteiger partial charge in [0.05, 0.1) is 5.56 Å². The summed E-state index contributed by atoms with van der Waals surface area (Å²) in [5.41, 5.74) is 2.02. The minimum absolute atomic E-state index is 0.0737. The molecule has 3 heterocycles. The van der Waals surface area contributed by atoms with E-state index in [0.29, 0.717) is 17.4 Å². The zero-order chi connectivity index (χ0) is 17.8. The first-order valence-corrected chi connectivity index (χ1v) is 9.00. The molecule has 134 valence electrons. The summed E-state index contributed by atoms with van der Waals surface area (Å²) in [6, 6.07) is 6.31. The van der Waals surface area contributed by atoms with Gasteiger partial charge in [-0.2, -0.15) is 0 Å². The molecule has 0 spiro atoms. The first-order valence-electron chi connectivity index (χ1n) is 9.00. The highest BCUT2D eigenvalue weighted by atomic mass is 16.3. The highest BCUT2D eigenvalue weighted by molar-refractivity contribution is 5.95. The maximum absolute atomic E-state index is 12.7. The maximum Gasteiger partial charge on any atom is 0.257 e. The summed E-state index contributed by atoms with van der Waals surface area (Å²) in [5.74, 6) is 1.58. The summed E-state index contributed by atoms with van der Waals surface area (Å²) in [6.07, 6.45) is 6.79. The van der Waals surface area contributed by atoms with E-state index in [1.165, 1.54) is 5.56 Å². The number of nitrogens with zero attached hydrogens (tertiary/aromatic N) is 3. The number of carbonyl (C=O) groups is 1. The fraction of sp³-hybridized carbons (Fsp3) is 0.500. The van der Waals surface area contributed by atoms with Crippen molar-refractivity contribution in [3.8, 4) is 0 Å². The van der Waals surface area contributed by atoms with Crippen LogP contribution in [0.1, 0.15) is 40.3 Å². The van der Waals surface area contributed by atoms with E-state index >= 15 is 0 Å². The van der Waals surface area contributed by atoms with Crippen LogP contribution in [0, 0.1) is 13.8 Å². The molecule has 3 rings (SSSR count). The summed E-state index contributed by atoms with van der Waals surface area (Å²) in [4.78, 5) is 21.2. The number of amides is 1. The van der Waals surface area contributed by atoms with E-state index < -0.39 is 0 Å². The smallest absolute Gasteiger partial charge is 0.257 e. The molecular weight excluding hydrogens is 314 g/mol. The highest BCUT2D eigenvalue weighted by Crippen LogP contribution is 2.21. The number of rotatable bonds is 5. The van der Waals surface area contributed by atoms with E-state index in [1.807, 2.05) is 44.3 Å². The third kappa shape index (κ3) is 4.28. The molecule has 0 unspecified atom stereocenters. The van der Waals surface area contributed by atoms with Gasteiger partial charge in [-0.15, -0.1) is 0 Å². The number of piperidine rings is 1. The van der Waals surface area contributed by atoms with Gasteiger partial charge in [-0.05, 0) is 56.9 Å². The Morgan fingerprint density at radius 1 is 1.28 bits per heavy atom. The van der Waals surface area contributed by atoms with E-state index in [0.717, 1.165) is 44.7 Å². The van der Waals surface area contributed by atoms with Crippen LogP contribution in [0.15, 0.2) is 35.0 Å². The van der Waals surface area contributed by atoms with Crippen molar-refractivity contribution >= 4 is 5.91 Å². The maximum atomic E-state index is 12.7. The molecule has 5 nitrogen and oxygen atoms in total. The van der Waals surface area contributed by atoms with Crippen molar-refractivity contribution < 1.29 is 9.21 Å². The van der Waals surface area contributed by atoms with Gasteiger partial charge in [0.1, 0.15) is 11.5 Å². The standard InChI is InChI=1S/C20H27N3O2/c1-15-14-19(16(2)25-15)20(24)22(3)18-7-12-23(13-8-18)11-6-17-4-9-21-10-5-17/h4-5,9-10,14,18H,6-8,11-13H2,1-3H3. The SMILES string of the molecule is Cc1cc(C(=O)N(C)C2CCN(CCc3ccncc3)CC2)c(C)o1. The molecule has 1 aliphatic rings. The Balaban J connectivity index is 1.50. The number of carbonyl (C=O) groups excluding carboxylic acids is 1. The third-order valence-electron chi connectivity index (χ3n) is 5.16. The van der Waals surface area contributed by atoms with E-state index in [1.54, 1.807) is 0 Å². The molecule has 2 aromatic heterocycles. The second-order valence-electron chi connectivity index (χ2n) is 6.92. The number of aryl methyl sites for hydroxylation is 2. The zero-order valence-corrected chi connectivity index (χ0v) is 15.4. The second-order valence-corrected chi connectivity index (χ2v) is 6.92. The summed E-state index contributed by atoms with van der Waals surface area (Å²) < 4.78 is 5.50. The van der Waals surface area contributed by atoms with Gasteiger partial charge in [0.15, 0.2) is 0 Å². The molecule has 1 fully saturated rings. The van der Waals surface area contributed by atoms with Gasteiger partial charge in [0.25, 0.3) is 5.91 Å². The molecular formula is C20H27N3O2. The quantitative estimate of drug-likeness (QED) is 0.839. The van der Waals surface area contributed by atoms with Crippen molar-refractivity contribution in [1.29, 1.82) is 0 Å². The molecule has 0 aromatic carbocycles. The lowest BCUT2D eigenvalue weighted by molar-refractivity contribution is 0.0642. The monoisotopic (exact) mass is 341 g/mol. The minimum atomic E-state index is 0.0737. The molecule has 0 radical (unpaired) electrons. The van der Waals surface area contributed by atoms with Gasteiger partial charge >= 0.3 is 0 Å². The van der Waals surface area contributed by atoms with Crippen LogP contribution in [0.3, 0.4) is 0 Å². The summed E-state index contributed by atoms with van der Waals surface area (Å²) >= 11 is 0. The predicted molar refractivity (Wildman–Crippen MR) is 97.7 cm³/mol. The second kappa shape index (κ2) is 7.83. The molecule has 1 amide bonds. The Morgan fingerprint density at radius 3 is 2.56 bits per heavy atom. The van der Waals surface area contributed by atoms with Gasteiger partial charge in [-0.1, -0.05) is 0 Å². The number of hydrogen-bond acceptors (Lipinski definition) is 4. The molecule has 1 saturated heterocycles. The van der Waals surface area contributed by atoms with Crippen molar-refractivity contribution in [2.24, 2.45) is 0 Å². The Labute approximate surface area is 149 Å². The average molecular weight is 341 g/mol. The summed E-state index contributed by atoms with van der Waals surface area (Å²) in [7, 11) is 1.92. The van der Waals surface area contributed by atoms with E-state index in [9.17, 15) is 4.79 Å². The van der Waals surface area contributed by atoms with Gasteiger partial charge < -0.3 is 14.2 Å². The molecule has 2 aromatic rings. The molecule has 0 N–H and O–H groups in total. The predicted octanol–water partition coefficient (Wildman–Crippen LogP) is 3.07.